The van der Waals surface area contributed by atoms with Crippen LogP contribution in [0.25, 0.3) is 0 Å². The van der Waals surface area contributed by atoms with Crippen LogP contribution in [-0.4, -0.2) is 27.7 Å². The fourth-order valence-corrected chi connectivity index (χ4v) is 2.10. The molecule has 2 heterocycles. The number of hydrogen-bond donors (Lipinski definition) is 3. The molecule has 1 fully saturated rings. The number of rotatable bonds is 5. The molecule has 2 aromatic heterocycles. The largest absolute Gasteiger partial charge is 0.478 e. The van der Waals surface area contributed by atoms with E-state index in [0.717, 1.165) is 18.5 Å². The Morgan fingerprint density at radius 2 is 2.33 bits per heavy atom. The minimum Gasteiger partial charge on any atom is -0.478 e. The first kappa shape index (κ1) is 13.4. The van der Waals surface area contributed by atoms with Gasteiger partial charge in [-0.3, -0.25) is 9.89 Å². The van der Waals surface area contributed by atoms with E-state index in [1.165, 1.54) is 6.20 Å². The van der Waals surface area contributed by atoms with Crippen LogP contribution in [0.15, 0.2) is 18.3 Å². The molecule has 2 aromatic rings. The van der Waals surface area contributed by atoms with Gasteiger partial charge in [-0.2, -0.15) is 5.10 Å². The highest BCUT2D eigenvalue weighted by Crippen LogP contribution is 2.42. The van der Waals surface area contributed by atoms with Crippen LogP contribution >= 0.6 is 0 Å². The maximum Gasteiger partial charge on any atom is 0.278 e. The van der Waals surface area contributed by atoms with Crippen molar-refractivity contribution in [3.05, 3.63) is 29.7 Å². The molecule has 0 aromatic carbocycles. The normalized spacial score (nSPS) is 14.0. The highest BCUT2D eigenvalue weighted by Gasteiger charge is 2.30. The Morgan fingerprint density at radius 3 is 2.95 bits per heavy atom. The van der Waals surface area contributed by atoms with Gasteiger partial charge in [-0.05, 0) is 25.8 Å². The summed E-state index contributed by atoms with van der Waals surface area (Å²) in [6, 6.07) is 3.42. The van der Waals surface area contributed by atoms with Crippen LogP contribution in [0.3, 0.4) is 0 Å². The van der Waals surface area contributed by atoms with E-state index in [0.29, 0.717) is 29.8 Å². The lowest BCUT2D eigenvalue weighted by molar-refractivity contribution is 0.102. The van der Waals surface area contributed by atoms with Crippen LogP contribution in [0.1, 0.15) is 41.9 Å². The van der Waals surface area contributed by atoms with Gasteiger partial charge in [0.1, 0.15) is 0 Å². The number of nitrogens with two attached hydrogens (primary N) is 1. The maximum absolute atomic E-state index is 12.2. The van der Waals surface area contributed by atoms with Crippen LogP contribution in [0.2, 0.25) is 0 Å². The molecule has 0 unspecified atom stereocenters. The number of aromatic nitrogens is 3. The monoisotopic (exact) mass is 287 g/mol. The van der Waals surface area contributed by atoms with Crippen molar-refractivity contribution in [3.63, 3.8) is 0 Å². The van der Waals surface area contributed by atoms with E-state index >= 15 is 0 Å². The van der Waals surface area contributed by atoms with Gasteiger partial charge in [0.25, 0.3) is 5.91 Å². The Balaban J connectivity index is 1.70. The predicted molar refractivity (Wildman–Crippen MR) is 78.3 cm³/mol. The predicted octanol–water partition coefficient (Wildman–Crippen LogP) is 1.92. The number of H-pyrrole nitrogens is 1. The minimum absolute atomic E-state index is 0.228. The summed E-state index contributed by atoms with van der Waals surface area (Å²) in [4.78, 5) is 16.3. The van der Waals surface area contributed by atoms with Gasteiger partial charge in [-0.25, -0.2) is 4.98 Å². The van der Waals surface area contributed by atoms with E-state index in [2.05, 4.69) is 20.5 Å². The minimum atomic E-state index is -0.346. The standard InChI is InChI=1S/C14H17N5O2/c1-2-21-10-6-5-9(7-16-10)17-14(20)13-11(15)12(18-19-13)8-3-4-8/h5-8H,2-4,15H2,1H3,(H,17,20)(H,18,19). The Hall–Kier alpha value is -2.57. The number of anilines is 2. The van der Waals surface area contributed by atoms with Crippen molar-refractivity contribution in [1.29, 1.82) is 0 Å². The number of aromatic amines is 1. The van der Waals surface area contributed by atoms with Crippen molar-refractivity contribution in [2.75, 3.05) is 17.7 Å². The van der Waals surface area contributed by atoms with Gasteiger partial charge in [0, 0.05) is 12.0 Å². The van der Waals surface area contributed by atoms with Gasteiger partial charge >= 0.3 is 0 Å². The first-order chi connectivity index (χ1) is 10.2. The number of nitrogens with one attached hydrogen (secondary N) is 2. The lowest BCUT2D eigenvalue weighted by atomic mass is 10.2. The van der Waals surface area contributed by atoms with Gasteiger partial charge in [-0.15, -0.1) is 0 Å². The van der Waals surface area contributed by atoms with Crippen molar-refractivity contribution in [2.24, 2.45) is 0 Å². The average molecular weight is 287 g/mol. The number of carbonyl (C=O) groups excluding carboxylic acids is 1. The highest BCUT2D eigenvalue weighted by molar-refractivity contribution is 6.06. The second-order valence-electron chi connectivity index (χ2n) is 4.95. The molecule has 3 rings (SSSR count). The molecular formula is C14H17N5O2. The molecule has 0 atom stereocenters. The Bertz CT molecular complexity index is 646. The lowest BCUT2D eigenvalue weighted by Crippen LogP contribution is -2.14. The van der Waals surface area contributed by atoms with E-state index in [-0.39, 0.29) is 11.6 Å². The van der Waals surface area contributed by atoms with Crippen LogP contribution in [0.5, 0.6) is 5.88 Å². The number of amides is 1. The molecule has 0 radical (unpaired) electrons. The lowest BCUT2D eigenvalue weighted by Gasteiger charge is -2.05. The van der Waals surface area contributed by atoms with Gasteiger partial charge in [0.05, 0.1) is 29.9 Å². The van der Waals surface area contributed by atoms with Crippen LogP contribution in [0.4, 0.5) is 11.4 Å². The second kappa shape index (κ2) is 5.43. The zero-order chi connectivity index (χ0) is 14.8. The average Bonchev–Trinajstić information content (AvgIpc) is 3.24. The van der Waals surface area contributed by atoms with Crippen LogP contribution in [-0.2, 0) is 0 Å². The van der Waals surface area contributed by atoms with E-state index in [9.17, 15) is 4.79 Å². The summed E-state index contributed by atoms with van der Waals surface area (Å²) in [5.74, 6) is 0.596. The van der Waals surface area contributed by atoms with E-state index in [4.69, 9.17) is 10.5 Å². The molecule has 1 amide bonds. The van der Waals surface area contributed by atoms with Gasteiger partial charge in [0.15, 0.2) is 5.69 Å². The third-order valence-corrected chi connectivity index (χ3v) is 3.32. The first-order valence-corrected chi connectivity index (χ1v) is 6.93. The summed E-state index contributed by atoms with van der Waals surface area (Å²) in [5, 5.41) is 9.59. The molecule has 1 aliphatic carbocycles. The number of ether oxygens (including phenoxy) is 1. The molecule has 0 bridgehead atoms. The number of hydrogen-bond acceptors (Lipinski definition) is 5. The molecule has 0 spiro atoms. The second-order valence-corrected chi connectivity index (χ2v) is 4.95. The zero-order valence-corrected chi connectivity index (χ0v) is 11.7. The molecule has 0 aliphatic heterocycles. The van der Waals surface area contributed by atoms with E-state index in [1.807, 2.05) is 6.92 Å². The van der Waals surface area contributed by atoms with Gasteiger partial charge in [0.2, 0.25) is 5.88 Å². The summed E-state index contributed by atoms with van der Waals surface area (Å²) >= 11 is 0. The van der Waals surface area contributed by atoms with Crippen molar-refractivity contribution < 1.29 is 9.53 Å². The fourth-order valence-electron chi connectivity index (χ4n) is 2.10. The molecule has 21 heavy (non-hydrogen) atoms. The summed E-state index contributed by atoms with van der Waals surface area (Å²) in [6.07, 6.45) is 3.72. The number of pyridine rings is 1. The van der Waals surface area contributed by atoms with Gasteiger partial charge in [-0.1, -0.05) is 0 Å². The summed E-state index contributed by atoms with van der Waals surface area (Å²) in [5.41, 5.74) is 8.07. The molecule has 1 aliphatic rings. The van der Waals surface area contributed by atoms with E-state index < -0.39 is 0 Å². The van der Waals surface area contributed by atoms with Crippen molar-refractivity contribution in [2.45, 2.75) is 25.7 Å². The first-order valence-electron chi connectivity index (χ1n) is 6.93. The topological polar surface area (TPSA) is 106 Å². The Kier molecular flexibility index (Phi) is 3.47. The molecule has 7 heteroatoms. The molecule has 0 saturated heterocycles. The quantitative estimate of drug-likeness (QED) is 0.779. The van der Waals surface area contributed by atoms with Crippen LogP contribution < -0.4 is 15.8 Å². The van der Waals surface area contributed by atoms with Crippen molar-refractivity contribution in [1.82, 2.24) is 15.2 Å². The molecule has 110 valence electrons. The van der Waals surface area contributed by atoms with Crippen molar-refractivity contribution in [3.8, 4) is 5.88 Å². The Morgan fingerprint density at radius 1 is 1.52 bits per heavy atom. The number of nitrogen functional groups attached to an aromatic ring is 1. The third-order valence-electron chi connectivity index (χ3n) is 3.32. The number of nitrogens with zero attached hydrogens (tertiary/aromatic N) is 2. The summed E-state index contributed by atoms with van der Waals surface area (Å²) < 4.78 is 5.25. The molecular weight excluding hydrogens is 270 g/mol. The number of carbonyl (C=O) groups is 1. The van der Waals surface area contributed by atoms with Crippen molar-refractivity contribution >= 4 is 17.3 Å². The van der Waals surface area contributed by atoms with Crippen LogP contribution in [0, 0.1) is 0 Å². The zero-order valence-electron chi connectivity index (χ0n) is 11.7. The SMILES string of the molecule is CCOc1ccc(NC(=O)c2n[nH]c(C3CC3)c2N)cn1. The molecule has 7 nitrogen and oxygen atoms in total. The fraction of sp³-hybridized carbons (Fsp3) is 0.357. The molecule has 4 N–H and O–H groups in total. The van der Waals surface area contributed by atoms with Gasteiger partial charge < -0.3 is 15.8 Å². The Labute approximate surface area is 121 Å². The summed E-state index contributed by atoms with van der Waals surface area (Å²) in [7, 11) is 0. The smallest absolute Gasteiger partial charge is 0.278 e. The maximum atomic E-state index is 12.2. The molecule has 1 saturated carbocycles. The third kappa shape index (κ3) is 2.81. The van der Waals surface area contributed by atoms with E-state index in [1.54, 1.807) is 12.1 Å². The highest BCUT2D eigenvalue weighted by atomic mass is 16.5. The summed E-state index contributed by atoms with van der Waals surface area (Å²) in [6.45, 7) is 2.43.